The predicted octanol–water partition coefficient (Wildman–Crippen LogP) is 0.702. The Bertz CT molecular complexity index is 630. The molecule has 0 aliphatic carbocycles. The lowest BCUT2D eigenvalue weighted by Gasteiger charge is -2.28. The highest BCUT2D eigenvalue weighted by atomic mass is 32.2. The molecule has 2 rings (SSSR count). The van der Waals surface area contributed by atoms with Crippen LogP contribution in [0.4, 0.5) is 13.2 Å². The number of nitrogens with zero attached hydrogens (tertiary/aromatic N) is 3. The van der Waals surface area contributed by atoms with Gasteiger partial charge in [0.25, 0.3) is 0 Å². The quantitative estimate of drug-likeness (QED) is 0.813. The van der Waals surface area contributed by atoms with E-state index in [1.807, 2.05) is 0 Å². The summed E-state index contributed by atoms with van der Waals surface area (Å²) in [5.41, 5.74) is -4.73. The van der Waals surface area contributed by atoms with E-state index in [2.05, 4.69) is 9.97 Å². The molecule has 0 radical (unpaired) electrons. The van der Waals surface area contributed by atoms with Crippen molar-refractivity contribution in [3.63, 3.8) is 0 Å². The van der Waals surface area contributed by atoms with Crippen molar-refractivity contribution >= 4 is 10.0 Å². The summed E-state index contributed by atoms with van der Waals surface area (Å²) in [6.45, 7) is -0.817. The van der Waals surface area contributed by atoms with Gasteiger partial charge in [-0.15, -0.1) is 0 Å². The normalized spacial score (nSPS) is 16.4. The molecule has 0 saturated carbocycles. The van der Waals surface area contributed by atoms with E-state index in [4.69, 9.17) is 9.47 Å². The zero-order valence-electron chi connectivity index (χ0n) is 11.1. The van der Waals surface area contributed by atoms with Crippen LogP contribution in [-0.4, -0.2) is 49.0 Å². The van der Waals surface area contributed by atoms with Crippen LogP contribution in [0, 0.1) is 0 Å². The van der Waals surface area contributed by atoms with Crippen molar-refractivity contribution in [1.82, 2.24) is 14.3 Å². The Kier molecular flexibility index (Phi) is 3.97. The molecule has 2 heterocycles. The van der Waals surface area contributed by atoms with Gasteiger partial charge in [0, 0.05) is 19.5 Å². The number of sulfonamides is 1. The van der Waals surface area contributed by atoms with E-state index in [9.17, 15) is 21.6 Å². The van der Waals surface area contributed by atoms with Crippen LogP contribution in [0.2, 0.25) is 0 Å². The number of hydrogen-bond acceptors (Lipinski definition) is 6. The maximum Gasteiger partial charge on any atom is 0.511 e. The molecule has 1 aliphatic heterocycles. The molecule has 1 aromatic heterocycles. The Morgan fingerprint density at radius 1 is 1.19 bits per heavy atom. The average molecular weight is 327 g/mol. The minimum Gasteiger partial charge on any atom is -0.481 e. The Morgan fingerprint density at radius 3 is 2.38 bits per heavy atom. The number of aromatic nitrogens is 2. The molecule has 21 heavy (non-hydrogen) atoms. The lowest BCUT2D eigenvalue weighted by Crippen LogP contribution is -2.43. The van der Waals surface area contributed by atoms with Gasteiger partial charge in [0.15, 0.2) is 0 Å². The SMILES string of the molecule is COc1nc2c(c(OC)n1)CN(S(=O)(=O)C(F)(F)F)CC2. The van der Waals surface area contributed by atoms with E-state index in [1.165, 1.54) is 14.2 Å². The van der Waals surface area contributed by atoms with Crippen molar-refractivity contribution in [2.24, 2.45) is 0 Å². The topological polar surface area (TPSA) is 81.6 Å². The monoisotopic (exact) mass is 327 g/mol. The first kappa shape index (κ1) is 15.8. The molecule has 0 bridgehead atoms. The van der Waals surface area contributed by atoms with Crippen LogP contribution >= 0.6 is 0 Å². The van der Waals surface area contributed by atoms with Gasteiger partial charge in [-0.3, -0.25) is 0 Å². The van der Waals surface area contributed by atoms with Crippen LogP contribution in [0.15, 0.2) is 0 Å². The van der Waals surface area contributed by atoms with Gasteiger partial charge in [-0.1, -0.05) is 0 Å². The van der Waals surface area contributed by atoms with E-state index in [1.54, 1.807) is 0 Å². The molecule has 11 heteroatoms. The number of rotatable bonds is 3. The van der Waals surface area contributed by atoms with Gasteiger partial charge in [0.2, 0.25) is 5.88 Å². The number of alkyl halides is 3. The molecule has 0 aromatic carbocycles. The number of hydrogen-bond donors (Lipinski definition) is 0. The van der Waals surface area contributed by atoms with E-state index >= 15 is 0 Å². The Balaban J connectivity index is 2.41. The highest BCUT2D eigenvalue weighted by Gasteiger charge is 2.50. The Morgan fingerprint density at radius 2 is 1.86 bits per heavy atom. The van der Waals surface area contributed by atoms with E-state index < -0.39 is 22.1 Å². The molecule has 0 saturated heterocycles. The van der Waals surface area contributed by atoms with Crippen molar-refractivity contribution in [3.8, 4) is 11.9 Å². The smallest absolute Gasteiger partial charge is 0.481 e. The van der Waals surface area contributed by atoms with Crippen molar-refractivity contribution in [1.29, 1.82) is 0 Å². The third kappa shape index (κ3) is 2.75. The van der Waals surface area contributed by atoms with E-state index in [-0.39, 0.29) is 30.4 Å². The lowest BCUT2D eigenvalue weighted by atomic mass is 10.1. The number of methoxy groups -OCH3 is 2. The molecule has 0 unspecified atom stereocenters. The van der Waals surface area contributed by atoms with Gasteiger partial charge in [0.1, 0.15) is 0 Å². The maximum atomic E-state index is 12.6. The van der Waals surface area contributed by atoms with Crippen LogP contribution in [0.1, 0.15) is 11.3 Å². The zero-order valence-corrected chi connectivity index (χ0v) is 12.0. The van der Waals surface area contributed by atoms with Crippen LogP contribution in [0.25, 0.3) is 0 Å². The largest absolute Gasteiger partial charge is 0.511 e. The second-order valence-electron chi connectivity index (χ2n) is 4.18. The molecule has 0 spiro atoms. The summed E-state index contributed by atoms with van der Waals surface area (Å²) in [5.74, 6) is -0.000996. The average Bonchev–Trinajstić information content (AvgIpc) is 2.44. The van der Waals surface area contributed by atoms with Crippen LogP contribution < -0.4 is 9.47 Å². The summed E-state index contributed by atoms with van der Waals surface area (Å²) >= 11 is 0. The van der Waals surface area contributed by atoms with Gasteiger partial charge in [-0.2, -0.15) is 27.4 Å². The fourth-order valence-electron chi connectivity index (χ4n) is 1.95. The molecule has 0 atom stereocenters. The maximum absolute atomic E-state index is 12.6. The molecule has 118 valence electrons. The summed E-state index contributed by atoms with van der Waals surface area (Å²) in [6.07, 6.45) is 0.0138. The number of fused-ring (bicyclic) bond motifs is 1. The number of halogens is 3. The Hall–Kier alpha value is -1.62. The number of ether oxygens (including phenoxy) is 2. The van der Waals surface area contributed by atoms with Crippen molar-refractivity contribution in [3.05, 3.63) is 11.3 Å². The van der Waals surface area contributed by atoms with Gasteiger partial charge in [0.05, 0.1) is 25.5 Å². The highest BCUT2D eigenvalue weighted by molar-refractivity contribution is 7.89. The summed E-state index contributed by atoms with van der Waals surface area (Å²) in [6, 6.07) is 0.0118. The molecular formula is C10H12F3N3O4S. The molecule has 1 aromatic rings. The second-order valence-corrected chi connectivity index (χ2v) is 6.11. The summed E-state index contributed by atoms with van der Waals surface area (Å²) in [7, 11) is -2.78. The van der Waals surface area contributed by atoms with E-state index in [0.29, 0.717) is 10.00 Å². The summed E-state index contributed by atoms with van der Waals surface area (Å²) < 4.78 is 70.8. The van der Waals surface area contributed by atoms with Crippen LogP contribution in [-0.2, 0) is 23.0 Å². The van der Waals surface area contributed by atoms with Gasteiger partial charge >= 0.3 is 21.5 Å². The second kappa shape index (κ2) is 5.30. The third-order valence-corrected chi connectivity index (χ3v) is 4.55. The highest BCUT2D eigenvalue weighted by Crippen LogP contribution is 2.33. The minimum absolute atomic E-state index is 0.000996. The lowest BCUT2D eigenvalue weighted by molar-refractivity contribution is -0.0493. The molecule has 0 fully saturated rings. The molecule has 7 nitrogen and oxygen atoms in total. The summed E-state index contributed by atoms with van der Waals surface area (Å²) in [4.78, 5) is 7.85. The van der Waals surface area contributed by atoms with Crippen LogP contribution in [0.3, 0.4) is 0 Å². The molecule has 1 aliphatic rings. The fourth-order valence-corrected chi connectivity index (χ4v) is 2.87. The standard InChI is InChI=1S/C10H12F3N3O4S/c1-19-8-6-5-16(21(17,18)10(11,12)13)4-3-7(6)14-9(15-8)20-2/h3-5H2,1-2H3. The van der Waals surface area contributed by atoms with Crippen molar-refractivity contribution in [2.75, 3.05) is 20.8 Å². The molecule has 0 N–H and O–H groups in total. The first-order valence-electron chi connectivity index (χ1n) is 5.75. The summed E-state index contributed by atoms with van der Waals surface area (Å²) in [5, 5.41) is 0. The van der Waals surface area contributed by atoms with Crippen LogP contribution in [0.5, 0.6) is 11.9 Å². The third-order valence-electron chi connectivity index (χ3n) is 2.98. The van der Waals surface area contributed by atoms with Gasteiger partial charge < -0.3 is 9.47 Å². The van der Waals surface area contributed by atoms with Crippen molar-refractivity contribution < 1.29 is 31.1 Å². The first-order valence-corrected chi connectivity index (χ1v) is 7.19. The fraction of sp³-hybridized carbons (Fsp3) is 0.600. The molecule has 0 amide bonds. The minimum atomic E-state index is -5.39. The van der Waals surface area contributed by atoms with Gasteiger partial charge in [-0.25, -0.2) is 8.42 Å². The van der Waals surface area contributed by atoms with Crippen molar-refractivity contribution in [2.45, 2.75) is 18.5 Å². The Labute approximate surface area is 118 Å². The van der Waals surface area contributed by atoms with Gasteiger partial charge in [-0.05, 0) is 0 Å². The van der Waals surface area contributed by atoms with E-state index in [0.717, 1.165) is 0 Å². The molecular weight excluding hydrogens is 315 g/mol. The zero-order chi connectivity index (χ0) is 15.8. The first-order chi connectivity index (χ1) is 9.70. The predicted molar refractivity (Wildman–Crippen MR) is 64.2 cm³/mol.